The molecule has 0 unspecified atom stereocenters. The van der Waals surface area contributed by atoms with Gasteiger partial charge in [0.2, 0.25) is 0 Å². The molecule has 2 aromatic carbocycles. The SMILES string of the molecule is CNCc1ccc(Br)c(S(=O)(=O)N(C)c2ccccc2)c1. The molecule has 2 rings (SSSR count). The number of benzene rings is 2. The van der Waals surface area contributed by atoms with E-state index in [-0.39, 0.29) is 4.90 Å². The Hall–Kier alpha value is -1.37. The molecule has 0 aliphatic rings. The number of anilines is 1. The smallest absolute Gasteiger partial charge is 0.265 e. The summed E-state index contributed by atoms with van der Waals surface area (Å²) in [4.78, 5) is 0.265. The second kappa shape index (κ2) is 6.60. The second-order valence-electron chi connectivity index (χ2n) is 4.60. The lowest BCUT2D eigenvalue weighted by Crippen LogP contribution is -2.27. The topological polar surface area (TPSA) is 49.4 Å². The lowest BCUT2D eigenvalue weighted by atomic mass is 10.2. The van der Waals surface area contributed by atoms with Gasteiger partial charge in [-0.25, -0.2) is 8.42 Å². The van der Waals surface area contributed by atoms with E-state index in [0.717, 1.165) is 5.56 Å². The lowest BCUT2D eigenvalue weighted by Gasteiger charge is -2.20. The number of hydrogen-bond donors (Lipinski definition) is 1. The second-order valence-corrected chi connectivity index (χ2v) is 7.40. The molecule has 0 aromatic heterocycles. The molecule has 0 heterocycles. The van der Waals surface area contributed by atoms with Crippen molar-refractivity contribution in [2.24, 2.45) is 0 Å². The van der Waals surface area contributed by atoms with Crippen LogP contribution in [0.2, 0.25) is 0 Å². The minimum Gasteiger partial charge on any atom is -0.316 e. The summed E-state index contributed by atoms with van der Waals surface area (Å²) in [5, 5.41) is 3.02. The first-order valence-electron chi connectivity index (χ1n) is 6.44. The molecule has 21 heavy (non-hydrogen) atoms. The quantitative estimate of drug-likeness (QED) is 0.882. The first-order chi connectivity index (χ1) is 9.96. The van der Waals surface area contributed by atoms with Crippen molar-refractivity contribution in [3.63, 3.8) is 0 Å². The number of para-hydroxylation sites is 1. The van der Waals surface area contributed by atoms with E-state index in [2.05, 4.69) is 21.2 Å². The van der Waals surface area contributed by atoms with E-state index in [1.54, 1.807) is 31.3 Å². The van der Waals surface area contributed by atoms with Gasteiger partial charge < -0.3 is 5.32 Å². The molecule has 0 spiro atoms. The molecule has 0 aliphatic carbocycles. The van der Waals surface area contributed by atoms with Crippen molar-refractivity contribution in [3.05, 3.63) is 58.6 Å². The Morgan fingerprint density at radius 2 is 1.81 bits per heavy atom. The van der Waals surface area contributed by atoms with Gasteiger partial charge in [-0.15, -0.1) is 0 Å². The Morgan fingerprint density at radius 1 is 1.14 bits per heavy atom. The van der Waals surface area contributed by atoms with Crippen LogP contribution in [-0.2, 0) is 16.6 Å². The maximum Gasteiger partial charge on any atom is 0.265 e. The zero-order valence-electron chi connectivity index (χ0n) is 11.9. The zero-order chi connectivity index (χ0) is 15.5. The Labute approximate surface area is 134 Å². The first-order valence-corrected chi connectivity index (χ1v) is 8.67. The number of hydrogen-bond acceptors (Lipinski definition) is 3. The van der Waals surface area contributed by atoms with Crippen molar-refractivity contribution in [1.29, 1.82) is 0 Å². The molecular weight excluding hydrogens is 352 g/mol. The highest BCUT2D eigenvalue weighted by molar-refractivity contribution is 9.10. The van der Waals surface area contributed by atoms with E-state index in [1.165, 1.54) is 4.31 Å². The highest BCUT2D eigenvalue weighted by Gasteiger charge is 2.24. The fraction of sp³-hybridized carbons (Fsp3) is 0.200. The largest absolute Gasteiger partial charge is 0.316 e. The van der Waals surface area contributed by atoms with E-state index in [0.29, 0.717) is 16.7 Å². The number of sulfonamides is 1. The number of rotatable bonds is 5. The molecular formula is C15H17BrN2O2S. The van der Waals surface area contributed by atoms with E-state index < -0.39 is 10.0 Å². The van der Waals surface area contributed by atoms with Gasteiger partial charge in [0, 0.05) is 18.1 Å². The van der Waals surface area contributed by atoms with Crippen molar-refractivity contribution in [1.82, 2.24) is 5.32 Å². The van der Waals surface area contributed by atoms with Crippen LogP contribution in [0.1, 0.15) is 5.56 Å². The predicted molar refractivity (Wildman–Crippen MR) is 88.9 cm³/mol. The molecule has 0 saturated heterocycles. The van der Waals surface area contributed by atoms with E-state index in [1.807, 2.05) is 31.3 Å². The van der Waals surface area contributed by atoms with E-state index in [4.69, 9.17) is 0 Å². The van der Waals surface area contributed by atoms with Gasteiger partial charge in [-0.3, -0.25) is 4.31 Å². The van der Waals surface area contributed by atoms with Crippen molar-refractivity contribution in [2.75, 3.05) is 18.4 Å². The van der Waals surface area contributed by atoms with Gasteiger partial charge in [0.25, 0.3) is 10.0 Å². The van der Waals surface area contributed by atoms with Crippen LogP contribution in [0.25, 0.3) is 0 Å². The average molecular weight is 369 g/mol. The van der Waals surface area contributed by atoms with Crippen LogP contribution in [0.4, 0.5) is 5.69 Å². The first kappa shape index (κ1) is 16.0. The van der Waals surface area contributed by atoms with Crippen molar-refractivity contribution in [2.45, 2.75) is 11.4 Å². The summed E-state index contributed by atoms with van der Waals surface area (Å²) in [6.07, 6.45) is 0. The summed E-state index contributed by atoms with van der Waals surface area (Å²) >= 11 is 3.33. The third-order valence-electron chi connectivity index (χ3n) is 3.13. The number of nitrogens with one attached hydrogen (secondary N) is 1. The molecule has 0 fully saturated rings. The molecule has 0 radical (unpaired) electrons. The van der Waals surface area contributed by atoms with Crippen LogP contribution in [-0.4, -0.2) is 22.5 Å². The highest BCUT2D eigenvalue weighted by atomic mass is 79.9. The van der Waals surface area contributed by atoms with Crippen LogP contribution in [0.3, 0.4) is 0 Å². The third-order valence-corrected chi connectivity index (χ3v) is 5.91. The van der Waals surface area contributed by atoms with Crippen LogP contribution < -0.4 is 9.62 Å². The number of nitrogens with zero attached hydrogens (tertiary/aromatic N) is 1. The molecule has 0 aliphatic heterocycles. The summed E-state index contributed by atoms with van der Waals surface area (Å²) in [5.41, 5.74) is 1.55. The summed E-state index contributed by atoms with van der Waals surface area (Å²) in [5.74, 6) is 0. The summed E-state index contributed by atoms with van der Waals surface area (Å²) < 4.78 is 27.4. The molecule has 112 valence electrons. The Bertz CT molecular complexity index is 718. The standard InChI is InChI=1S/C15H17BrN2O2S/c1-17-11-12-8-9-14(16)15(10-12)21(19,20)18(2)13-6-4-3-5-7-13/h3-10,17H,11H2,1-2H3. The summed E-state index contributed by atoms with van der Waals surface area (Å²) in [7, 11) is -0.222. The Balaban J connectivity index is 2.46. The zero-order valence-corrected chi connectivity index (χ0v) is 14.3. The molecule has 4 nitrogen and oxygen atoms in total. The molecule has 0 atom stereocenters. The maximum atomic E-state index is 12.8. The third kappa shape index (κ3) is 3.45. The van der Waals surface area contributed by atoms with Crippen molar-refractivity contribution < 1.29 is 8.42 Å². The van der Waals surface area contributed by atoms with Crippen LogP contribution in [0.5, 0.6) is 0 Å². The monoisotopic (exact) mass is 368 g/mol. The maximum absolute atomic E-state index is 12.8. The lowest BCUT2D eigenvalue weighted by molar-refractivity contribution is 0.593. The summed E-state index contributed by atoms with van der Waals surface area (Å²) in [6.45, 7) is 0.616. The molecule has 0 amide bonds. The fourth-order valence-corrected chi connectivity index (χ4v) is 4.15. The Morgan fingerprint density at radius 3 is 2.43 bits per heavy atom. The average Bonchev–Trinajstić information content (AvgIpc) is 2.49. The molecule has 0 saturated carbocycles. The van der Waals surface area contributed by atoms with Gasteiger partial charge in [0.05, 0.1) is 5.69 Å². The minimum absolute atomic E-state index is 0.265. The Kier molecular flexibility index (Phi) is 5.03. The van der Waals surface area contributed by atoms with Gasteiger partial charge >= 0.3 is 0 Å². The van der Waals surface area contributed by atoms with Crippen LogP contribution in [0.15, 0.2) is 57.9 Å². The van der Waals surface area contributed by atoms with Gasteiger partial charge in [0.1, 0.15) is 4.90 Å². The summed E-state index contributed by atoms with van der Waals surface area (Å²) in [6, 6.07) is 14.4. The van der Waals surface area contributed by atoms with Crippen LogP contribution >= 0.6 is 15.9 Å². The predicted octanol–water partition coefficient (Wildman–Crippen LogP) is 2.99. The van der Waals surface area contributed by atoms with E-state index >= 15 is 0 Å². The van der Waals surface area contributed by atoms with E-state index in [9.17, 15) is 8.42 Å². The van der Waals surface area contributed by atoms with Crippen molar-refractivity contribution in [3.8, 4) is 0 Å². The molecule has 2 aromatic rings. The normalized spacial score (nSPS) is 11.4. The minimum atomic E-state index is -3.60. The highest BCUT2D eigenvalue weighted by Crippen LogP contribution is 2.28. The molecule has 1 N–H and O–H groups in total. The van der Waals surface area contributed by atoms with Crippen molar-refractivity contribution >= 4 is 31.6 Å². The van der Waals surface area contributed by atoms with Gasteiger partial charge in [0.15, 0.2) is 0 Å². The van der Waals surface area contributed by atoms with Crippen LogP contribution in [0, 0.1) is 0 Å². The van der Waals surface area contributed by atoms with Gasteiger partial charge in [-0.05, 0) is 52.8 Å². The molecule has 6 heteroatoms. The molecule has 0 bridgehead atoms. The van der Waals surface area contributed by atoms with Gasteiger partial charge in [-0.1, -0.05) is 24.3 Å². The fourth-order valence-electron chi connectivity index (χ4n) is 1.98. The van der Waals surface area contributed by atoms with Gasteiger partial charge in [-0.2, -0.15) is 0 Å². The number of halogens is 1.